The number of rotatable bonds is 7. The molecule has 0 spiro atoms. The largest absolute Gasteiger partial charge is 0.489 e. The van der Waals surface area contributed by atoms with E-state index in [-0.39, 0.29) is 12.5 Å². The Kier molecular flexibility index (Phi) is 5.83. The third-order valence-corrected chi connectivity index (χ3v) is 3.55. The molecule has 0 aliphatic carbocycles. The Morgan fingerprint density at radius 2 is 1.62 bits per heavy atom. The molecule has 0 aromatic heterocycles. The Balaban J connectivity index is 1.46. The smallest absolute Gasteiger partial charge is 0.262 e. The Morgan fingerprint density at radius 3 is 2.35 bits per heavy atom. The summed E-state index contributed by atoms with van der Waals surface area (Å²) < 4.78 is 24.0. The van der Waals surface area contributed by atoms with Crippen LogP contribution in [0.4, 0.5) is 10.1 Å². The number of amides is 1. The molecule has 0 heterocycles. The summed E-state index contributed by atoms with van der Waals surface area (Å²) in [5.74, 6) is 0.286. The number of hydrogen-bond acceptors (Lipinski definition) is 3. The summed E-state index contributed by atoms with van der Waals surface area (Å²) in [6.07, 6.45) is 0. The number of benzene rings is 3. The Morgan fingerprint density at radius 1 is 0.846 bits per heavy atom. The quantitative estimate of drug-likeness (QED) is 0.685. The van der Waals surface area contributed by atoms with Crippen LogP contribution >= 0.6 is 0 Å². The van der Waals surface area contributed by atoms with E-state index in [0.717, 1.165) is 5.56 Å². The lowest BCUT2D eigenvalue weighted by atomic mass is 10.2. The van der Waals surface area contributed by atoms with Crippen molar-refractivity contribution < 1.29 is 18.7 Å². The van der Waals surface area contributed by atoms with Crippen LogP contribution < -0.4 is 14.8 Å². The molecule has 1 N–H and O–H groups in total. The first kappa shape index (κ1) is 17.5. The zero-order chi connectivity index (χ0) is 18.2. The number of hydrogen-bond donors (Lipinski definition) is 1. The van der Waals surface area contributed by atoms with Crippen molar-refractivity contribution in [3.63, 3.8) is 0 Å². The SMILES string of the molecule is O=C(COc1cccc(F)c1)Nc1ccc(OCc2ccccc2)cc1. The molecule has 0 radical (unpaired) electrons. The van der Waals surface area contributed by atoms with Crippen molar-refractivity contribution >= 4 is 11.6 Å². The zero-order valence-corrected chi connectivity index (χ0v) is 14.0. The molecule has 0 fully saturated rings. The van der Waals surface area contributed by atoms with Gasteiger partial charge in [0.25, 0.3) is 5.91 Å². The zero-order valence-electron chi connectivity index (χ0n) is 14.0. The molecular weight excluding hydrogens is 333 g/mol. The van der Waals surface area contributed by atoms with Gasteiger partial charge in [-0.3, -0.25) is 4.79 Å². The van der Waals surface area contributed by atoms with Crippen LogP contribution in [-0.2, 0) is 11.4 Å². The maximum absolute atomic E-state index is 13.1. The molecule has 1 amide bonds. The molecule has 0 aliphatic heterocycles. The fraction of sp³-hybridized carbons (Fsp3) is 0.0952. The van der Waals surface area contributed by atoms with Crippen LogP contribution in [0, 0.1) is 5.82 Å². The predicted molar refractivity (Wildman–Crippen MR) is 97.7 cm³/mol. The standard InChI is InChI=1S/C21H18FNO3/c22-17-7-4-8-20(13-17)26-15-21(24)23-18-9-11-19(12-10-18)25-14-16-5-2-1-3-6-16/h1-13H,14-15H2,(H,23,24). The number of halogens is 1. The van der Waals surface area contributed by atoms with Crippen LogP contribution in [0.25, 0.3) is 0 Å². The normalized spacial score (nSPS) is 10.2. The van der Waals surface area contributed by atoms with E-state index >= 15 is 0 Å². The van der Waals surface area contributed by atoms with E-state index < -0.39 is 5.82 Å². The minimum Gasteiger partial charge on any atom is -0.489 e. The van der Waals surface area contributed by atoms with Crippen LogP contribution in [-0.4, -0.2) is 12.5 Å². The van der Waals surface area contributed by atoms with E-state index in [4.69, 9.17) is 9.47 Å². The van der Waals surface area contributed by atoms with Crippen molar-refractivity contribution in [3.8, 4) is 11.5 Å². The Hall–Kier alpha value is -3.34. The van der Waals surface area contributed by atoms with Gasteiger partial charge in [0.1, 0.15) is 23.9 Å². The number of carbonyl (C=O) groups is 1. The van der Waals surface area contributed by atoms with E-state index in [1.54, 1.807) is 30.3 Å². The summed E-state index contributed by atoms with van der Waals surface area (Å²) in [7, 11) is 0. The highest BCUT2D eigenvalue weighted by Crippen LogP contribution is 2.17. The van der Waals surface area contributed by atoms with Crippen LogP contribution in [0.1, 0.15) is 5.56 Å². The van der Waals surface area contributed by atoms with E-state index in [2.05, 4.69) is 5.32 Å². The third kappa shape index (κ3) is 5.34. The Labute approximate surface area is 151 Å². The van der Waals surface area contributed by atoms with E-state index in [1.165, 1.54) is 18.2 Å². The molecule has 0 bridgehead atoms. The fourth-order valence-electron chi connectivity index (χ4n) is 2.28. The monoisotopic (exact) mass is 351 g/mol. The molecule has 0 atom stereocenters. The molecule has 0 saturated heterocycles. The van der Waals surface area contributed by atoms with E-state index in [9.17, 15) is 9.18 Å². The van der Waals surface area contributed by atoms with Gasteiger partial charge < -0.3 is 14.8 Å². The van der Waals surface area contributed by atoms with Crippen molar-refractivity contribution in [1.29, 1.82) is 0 Å². The Bertz CT molecular complexity index is 851. The summed E-state index contributed by atoms with van der Waals surface area (Å²) in [6, 6.07) is 22.6. The second-order valence-corrected chi connectivity index (χ2v) is 5.59. The van der Waals surface area contributed by atoms with Crippen molar-refractivity contribution in [1.82, 2.24) is 0 Å². The predicted octanol–water partition coefficient (Wildman–Crippen LogP) is 4.42. The summed E-state index contributed by atoms with van der Waals surface area (Å²) in [5, 5.41) is 2.71. The minimum atomic E-state index is -0.408. The first-order valence-electron chi connectivity index (χ1n) is 8.14. The minimum absolute atomic E-state index is 0.199. The third-order valence-electron chi connectivity index (χ3n) is 3.55. The van der Waals surface area contributed by atoms with Crippen molar-refractivity contribution in [2.75, 3.05) is 11.9 Å². The van der Waals surface area contributed by atoms with Crippen LogP contribution in [0.3, 0.4) is 0 Å². The van der Waals surface area contributed by atoms with Crippen molar-refractivity contribution in [2.24, 2.45) is 0 Å². The highest BCUT2D eigenvalue weighted by atomic mass is 19.1. The van der Waals surface area contributed by atoms with Gasteiger partial charge in [-0.25, -0.2) is 4.39 Å². The van der Waals surface area contributed by atoms with Gasteiger partial charge in [-0.2, -0.15) is 0 Å². The van der Waals surface area contributed by atoms with Gasteiger partial charge in [0.15, 0.2) is 6.61 Å². The molecule has 3 aromatic carbocycles. The second-order valence-electron chi connectivity index (χ2n) is 5.59. The van der Waals surface area contributed by atoms with Crippen LogP contribution in [0.15, 0.2) is 78.9 Å². The topological polar surface area (TPSA) is 47.6 Å². The molecule has 0 aliphatic rings. The van der Waals surface area contributed by atoms with Gasteiger partial charge in [-0.15, -0.1) is 0 Å². The average molecular weight is 351 g/mol. The van der Waals surface area contributed by atoms with Gasteiger partial charge in [-0.05, 0) is 42.0 Å². The number of ether oxygens (including phenoxy) is 2. The van der Waals surface area contributed by atoms with Gasteiger partial charge in [0.05, 0.1) is 0 Å². The lowest BCUT2D eigenvalue weighted by Crippen LogP contribution is -2.20. The second kappa shape index (κ2) is 8.67. The lowest BCUT2D eigenvalue weighted by Gasteiger charge is -2.09. The van der Waals surface area contributed by atoms with Crippen molar-refractivity contribution in [2.45, 2.75) is 6.61 Å². The molecule has 3 rings (SSSR count). The van der Waals surface area contributed by atoms with Crippen LogP contribution in [0.2, 0.25) is 0 Å². The van der Waals surface area contributed by atoms with Gasteiger partial charge in [0, 0.05) is 11.8 Å². The van der Waals surface area contributed by atoms with Gasteiger partial charge >= 0.3 is 0 Å². The molecule has 5 heteroatoms. The number of carbonyl (C=O) groups excluding carboxylic acids is 1. The number of nitrogens with one attached hydrogen (secondary N) is 1. The molecule has 0 saturated carbocycles. The van der Waals surface area contributed by atoms with Crippen molar-refractivity contribution in [3.05, 3.63) is 90.2 Å². The summed E-state index contributed by atoms with van der Waals surface area (Å²) >= 11 is 0. The summed E-state index contributed by atoms with van der Waals surface area (Å²) in [4.78, 5) is 11.9. The highest BCUT2D eigenvalue weighted by molar-refractivity contribution is 5.91. The summed E-state index contributed by atoms with van der Waals surface area (Å²) in [5.41, 5.74) is 1.71. The van der Waals surface area contributed by atoms with E-state index in [0.29, 0.717) is 23.8 Å². The molecule has 26 heavy (non-hydrogen) atoms. The molecule has 4 nitrogen and oxygen atoms in total. The number of anilines is 1. The molecule has 0 unspecified atom stereocenters. The molecule has 132 valence electrons. The average Bonchev–Trinajstić information content (AvgIpc) is 2.67. The maximum Gasteiger partial charge on any atom is 0.262 e. The summed E-state index contributed by atoms with van der Waals surface area (Å²) in [6.45, 7) is 0.281. The van der Waals surface area contributed by atoms with Gasteiger partial charge in [-0.1, -0.05) is 36.4 Å². The first-order chi connectivity index (χ1) is 12.7. The lowest BCUT2D eigenvalue weighted by molar-refractivity contribution is -0.118. The van der Waals surface area contributed by atoms with Gasteiger partial charge in [0.2, 0.25) is 0 Å². The highest BCUT2D eigenvalue weighted by Gasteiger charge is 2.05. The maximum atomic E-state index is 13.1. The first-order valence-corrected chi connectivity index (χ1v) is 8.14. The van der Waals surface area contributed by atoms with E-state index in [1.807, 2.05) is 30.3 Å². The molecular formula is C21H18FNO3. The molecule has 3 aromatic rings. The fourth-order valence-corrected chi connectivity index (χ4v) is 2.28. The van der Waals surface area contributed by atoms with Crippen LogP contribution in [0.5, 0.6) is 11.5 Å².